The van der Waals surface area contributed by atoms with Crippen LogP contribution in [0.4, 0.5) is 4.79 Å². The predicted octanol–water partition coefficient (Wildman–Crippen LogP) is 3.51. The highest BCUT2D eigenvalue weighted by Gasteiger charge is 2.32. The third-order valence-electron chi connectivity index (χ3n) is 3.54. The Labute approximate surface area is 130 Å². The van der Waals surface area contributed by atoms with Gasteiger partial charge in [-0.25, -0.2) is 4.79 Å². The summed E-state index contributed by atoms with van der Waals surface area (Å²) in [6.07, 6.45) is 1.80. The topological polar surface area (TPSA) is 46.6 Å². The molecule has 0 aliphatic carbocycles. The summed E-state index contributed by atoms with van der Waals surface area (Å²) >= 11 is 1.65. The molecular weight excluding hydrogens is 286 g/mol. The molecule has 5 heteroatoms. The van der Waals surface area contributed by atoms with Crippen molar-refractivity contribution >= 4 is 23.2 Å². The highest BCUT2D eigenvalue weighted by Crippen LogP contribution is 2.22. The van der Waals surface area contributed by atoms with Crippen molar-refractivity contribution in [1.82, 2.24) is 4.90 Å². The van der Waals surface area contributed by atoms with Crippen LogP contribution < -0.4 is 0 Å². The lowest BCUT2D eigenvalue weighted by atomic mass is 9.98. The van der Waals surface area contributed by atoms with Crippen LogP contribution in [0.25, 0.3) is 0 Å². The minimum absolute atomic E-state index is 0.0313. The van der Waals surface area contributed by atoms with Crippen LogP contribution in [0.2, 0.25) is 0 Å². The summed E-state index contributed by atoms with van der Waals surface area (Å²) in [5, 5.41) is 4.11. The van der Waals surface area contributed by atoms with Crippen LogP contribution >= 0.6 is 11.3 Å². The van der Waals surface area contributed by atoms with Crippen molar-refractivity contribution in [3.8, 4) is 0 Å². The molecule has 0 saturated carbocycles. The molecule has 116 valence electrons. The predicted molar refractivity (Wildman–Crippen MR) is 83.6 cm³/mol. The van der Waals surface area contributed by atoms with Crippen molar-refractivity contribution in [2.75, 3.05) is 13.1 Å². The van der Waals surface area contributed by atoms with E-state index in [1.54, 1.807) is 16.2 Å². The maximum Gasteiger partial charge on any atom is 0.410 e. The highest BCUT2D eigenvalue weighted by atomic mass is 32.1. The Hall–Kier alpha value is -1.36. The lowest BCUT2D eigenvalue weighted by Crippen LogP contribution is -2.35. The number of likely N-dealkylation sites (tertiary alicyclic amines) is 1. The molecular formula is C16H23NO3S. The van der Waals surface area contributed by atoms with Gasteiger partial charge < -0.3 is 9.64 Å². The zero-order valence-corrected chi connectivity index (χ0v) is 13.7. The molecule has 0 bridgehead atoms. The molecule has 1 aromatic heterocycles. The van der Waals surface area contributed by atoms with Crippen LogP contribution in [0, 0.1) is 5.92 Å². The first-order chi connectivity index (χ1) is 9.85. The number of ketones is 1. The first-order valence-corrected chi connectivity index (χ1v) is 8.31. The van der Waals surface area contributed by atoms with Gasteiger partial charge in [-0.1, -0.05) is 0 Å². The van der Waals surface area contributed by atoms with Gasteiger partial charge in [-0.05, 0) is 56.0 Å². The molecule has 21 heavy (non-hydrogen) atoms. The quantitative estimate of drug-likeness (QED) is 0.855. The van der Waals surface area contributed by atoms with Crippen molar-refractivity contribution in [2.45, 2.75) is 45.6 Å². The molecule has 1 fully saturated rings. The summed E-state index contributed by atoms with van der Waals surface area (Å²) < 4.78 is 5.35. The first kappa shape index (κ1) is 16.0. The summed E-state index contributed by atoms with van der Waals surface area (Å²) in [6.45, 7) is 6.67. The number of Topliss-reactive ketones (excluding diaryl/α,β-unsaturated/α-hetero) is 1. The molecule has 0 radical (unpaired) electrons. The van der Waals surface area contributed by atoms with Gasteiger partial charge in [0.05, 0.1) is 0 Å². The van der Waals surface area contributed by atoms with Crippen molar-refractivity contribution in [3.05, 3.63) is 22.4 Å². The molecule has 0 N–H and O–H groups in total. The zero-order valence-electron chi connectivity index (χ0n) is 12.9. The number of thiophene rings is 1. The van der Waals surface area contributed by atoms with Crippen LogP contribution in [0.3, 0.4) is 0 Å². The van der Waals surface area contributed by atoms with E-state index in [0.717, 1.165) is 12.8 Å². The van der Waals surface area contributed by atoms with Crippen LogP contribution in [0.1, 0.15) is 39.2 Å². The van der Waals surface area contributed by atoms with Gasteiger partial charge in [0.2, 0.25) is 0 Å². The van der Waals surface area contributed by atoms with Crippen molar-refractivity contribution < 1.29 is 14.3 Å². The number of rotatable bonds is 4. The molecule has 1 amide bonds. The minimum atomic E-state index is -0.488. The van der Waals surface area contributed by atoms with Gasteiger partial charge in [-0.3, -0.25) is 4.79 Å². The Balaban J connectivity index is 1.78. The summed E-state index contributed by atoms with van der Waals surface area (Å²) in [7, 11) is 0. The van der Waals surface area contributed by atoms with E-state index in [1.165, 1.54) is 5.56 Å². The van der Waals surface area contributed by atoms with E-state index in [2.05, 4.69) is 11.4 Å². The lowest BCUT2D eigenvalue weighted by Gasteiger charge is -2.24. The first-order valence-electron chi connectivity index (χ1n) is 7.37. The molecule has 1 aromatic rings. The Bertz CT molecular complexity index is 490. The molecule has 1 unspecified atom stereocenters. The van der Waals surface area contributed by atoms with Crippen LogP contribution in [0.5, 0.6) is 0 Å². The lowest BCUT2D eigenvalue weighted by molar-refractivity contribution is -0.122. The summed E-state index contributed by atoms with van der Waals surface area (Å²) in [5.41, 5.74) is 0.730. The highest BCUT2D eigenvalue weighted by molar-refractivity contribution is 7.07. The van der Waals surface area contributed by atoms with Crippen LogP contribution in [0.15, 0.2) is 16.8 Å². The molecule has 1 saturated heterocycles. The van der Waals surface area contributed by atoms with Gasteiger partial charge in [0.1, 0.15) is 11.4 Å². The van der Waals surface area contributed by atoms with Crippen LogP contribution in [-0.2, 0) is 16.0 Å². The summed E-state index contributed by atoms with van der Waals surface area (Å²) in [5.74, 6) is 0.225. The van der Waals surface area contributed by atoms with E-state index >= 15 is 0 Å². The number of nitrogens with zero attached hydrogens (tertiary/aromatic N) is 1. The largest absolute Gasteiger partial charge is 0.444 e. The van der Waals surface area contributed by atoms with Crippen molar-refractivity contribution in [3.63, 3.8) is 0 Å². The van der Waals surface area contributed by atoms with Gasteiger partial charge in [-0.15, -0.1) is 0 Å². The fraction of sp³-hybridized carbons (Fsp3) is 0.625. The van der Waals surface area contributed by atoms with E-state index in [1.807, 2.05) is 26.2 Å². The number of ether oxygens (including phenoxy) is 1. The average Bonchev–Trinajstić information content (AvgIpc) is 3.05. The molecule has 1 aliphatic rings. The average molecular weight is 309 g/mol. The monoisotopic (exact) mass is 309 g/mol. The number of amides is 1. The molecule has 1 aliphatic heterocycles. The van der Waals surface area contributed by atoms with Gasteiger partial charge in [0.25, 0.3) is 0 Å². The zero-order chi connectivity index (χ0) is 15.5. The van der Waals surface area contributed by atoms with Gasteiger partial charge in [0, 0.05) is 25.4 Å². The number of hydrogen-bond donors (Lipinski definition) is 0. The molecule has 2 heterocycles. The van der Waals surface area contributed by atoms with E-state index < -0.39 is 5.60 Å². The number of hydrogen-bond acceptors (Lipinski definition) is 4. The molecule has 4 nitrogen and oxygen atoms in total. The smallest absolute Gasteiger partial charge is 0.410 e. The van der Waals surface area contributed by atoms with Gasteiger partial charge >= 0.3 is 6.09 Å². The molecule has 2 rings (SSSR count). The second-order valence-corrected chi connectivity index (χ2v) is 7.29. The number of aryl methyl sites for hydroxylation is 1. The normalized spacial score (nSPS) is 18.8. The second kappa shape index (κ2) is 6.60. The Kier molecular flexibility index (Phi) is 5.04. The second-order valence-electron chi connectivity index (χ2n) is 6.51. The van der Waals surface area contributed by atoms with Crippen molar-refractivity contribution in [1.29, 1.82) is 0 Å². The molecule has 0 aromatic carbocycles. The van der Waals surface area contributed by atoms with Gasteiger partial charge in [-0.2, -0.15) is 11.3 Å². The molecule has 0 spiro atoms. The van der Waals surface area contributed by atoms with E-state index in [4.69, 9.17) is 4.74 Å². The maximum absolute atomic E-state index is 12.2. The van der Waals surface area contributed by atoms with Crippen molar-refractivity contribution in [2.24, 2.45) is 5.92 Å². The Morgan fingerprint density at radius 2 is 2.19 bits per heavy atom. The summed E-state index contributed by atoms with van der Waals surface area (Å²) in [4.78, 5) is 25.8. The van der Waals surface area contributed by atoms with E-state index in [-0.39, 0.29) is 17.8 Å². The van der Waals surface area contributed by atoms with E-state index in [9.17, 15) is 9.59 Å². The maximum atomic E-state index is 12.2. The van der Waals surface area contributed by atoms with E-state index in [0.29, 0.717) is 19.5 Å². The van der Waals surface area contributed by atoms with Gasteiger partial charge in [0.15, 0.2) is 0 Å². The minimum Gasteiger partial charge on any atom is -0.444 e. The molecule has 1 atom stereocenters. The number of carbonyl (C=O) groups excluding carboxylic acids is 2. The Morgan fingerprint density at radius 3 is 2.81 bits per heavy atom. The fourth-order valence-electron chi connectivity index (χ4n) is 2.42. The standard InChI is InChI=1S/C16H23NO3S/c1-16(2,3)20-15(19)17-8-6-13(10-17)14(18)5-4-12-7-9-21-11-12/h7,9,11,13H,4-6,8,10H2,1-3H3. The SMILES string of the molecule is CC(C)(C)OC(=O)N1CCC(C(=O)CCc2ccsc2)C1. The summed E-state index contributed by atoms with van der Waals surface area (Å²) in [6, 6.07) is 2.06. The van der Waals surface area contributed by atoms with Crippen LogP contribution in [-0.4, -0.2) is 35.5 Å². The third-order valence-corrected chi connectivity index (χ3v) is 4.27. The Morgan fingerprint density at radius 1 is 1.43 bits per heavy atom. The fourth-order valence-corrected chi connectivity index (χ4v) is 3.13. The number of carbonyl (C=O) groups is 2. The third kappa shape index (κ3) is 4.84.